The van der Waals surface area contributed by atoms with E-state index < -0.39 is 0 Å². The molecule has 2 N–H and O–H groups in total. The number of carbonyl (C=O) groups excluding carboxylic acids is 1. The summed E-state index contributed by atoms with van der Waals surface area (Å²) >= 11 is 6.17. The molecule has 6 heteroatoms. The summed E-state index contributed by atoms with van der Waals surface area (Å²) in [6.07, 6.45) is 0. The fourth-order valence-corrected chi connectivity index (χ4v) is 2.09. The monoisotopic (exact) mass is 284 g/mol. The van der Waals surface area contributed by atoms with Crippen molar-refractivity contribution in [2.75, 3.05) is 37.5 Å². The van der Waals surface area contributed by atoms with Gasteiger partial charge in [-0.25, -0.2) is 0 Å². The molecule has 0 aromatic heterocycles. The number of methoxy groups -OCH3 is 1. The summed E-state index contributed by atoms with van der Waals surface area (Å²) in [5.74, 6) is 0.835. The number of ether oxygens (including phenoxy) is 2. The Bertz CT molecular complexity index is 479. The number of anilines is 2. The molecule has 1 atom stereocenters. The van der Waals surface area contributed by atoms with E-state index >= 15 is 0 Å². The highest BCUT2D eigenvalue weighted by Crippen LogP contribution is 2.36. The van der Waals surface area contributed by atoms with Gasteiger partial charge in [0.2, 0.25) is 0 Å². The lowest BCUT2D eigenvalue weighted by Crippen LogP contribution is -2.25. The first kappa shape index (κ1) is 14.0. The molecule has 1 aliphatic heterocycles. The summed E-state index contributed by atoms with van der Waals surface area (Å²) in [6, 6.07) is 3.49. The van der Waals surface area contributed by atoms with Crippen LogP contribution in [0.25, 0.3) is 0 Å². The first-order valence-corrected chi connectivity index (χ1v) is 6.47. The molecular weight excluding hydrogens is 268 g/mol. The number of amides is 1. The lowest BCUT2D eigenvalue weighted by molar-refractivity contribution is -0.118. The molecule has 1 aliphatic rings. The molecule has 0 bridgehead atoms. The molecule has 1 heterocycles. The minimum absolute atomic E-state index is 0.0359. The molecule has 1 amide bonds. The van der Waals surface area contributed by atoms with Crippen LogP contribution in [0.2, 0.25) is 5.02 Å². The Kier molecular flexibility index (Phi) is 4.50. The van der Waals surface area contributed by atoms with Gasteiger partial charge in [-0.15, -0.1) is 0 Å². The van der Waals surface area contributed by atoms with Crippen molar-refractivity contribution < 1.29 is 14.3 Å². The Morgan fingerprint density at radius 3 is 3.11 bits per heavy atom. The van der Waals surface area contributed by atoms with E-state index in [0.717, 1.165) is 12.2 Å². The van der Waals surface area contributed by atoms with Gasteiger partial charge in [-0.3, -0.25) is 4.79 Å². The fraction of sp³-hybridized carbons (Fsp3) is 0.462. The highest BCUT2D eigenvalue weighted by molar-refractivity contribution is 6.33. The minimum Gasteiger partial charge on any atom is -0.482 e. The van der Waals surface area contributed by atoms with Crippen molar-refractivity contribution in [3.63, 3.8) is 0 Å². The van der Waals surface area contributed by atoms with Crippen molar-refractivity contribution in [1.29, 1.82) is 0 Å². The Hall–Kier alpha value is -1.46. The summed E-state index contributed by atoms with van der Waals surface area (Å²) < 4.78 is 10.4. The Morgan fingerprint density at radius 1 is 1.58 bits per heavy atom. The zero-order valence-electron chi connectivity index (χ0n) is 11.0. The van der Waals surface area contributed by atoms with E-state index in [1.807, 2.05) is 0 Å². The topological polar surface area (TPSA) is 59.6 Å². The van der Waals surface area contributed by atoms with Gasteiger partial charge in [-0.2, -0.15) is 0 Å². The lowest BCUT2D eigenvalue weighted by Gasteiger charge is -2.20. The van der Waals surface area contributed by atoms with Crippen molar-refractivity contribution >= 4 is 28.9 Å². The predicted octanol–water partition coefficient (Wildman–Crippen LogP) is 2.37. The van der Waals surface area contributed by atoms with Gasteiger partial charge in [0.05, 0.1) is 23.0 Å². The third kappa shape index (κ3) is 3.52. The quantitative estimate of drug-likeness (QED) is 0.871. The second kappa shape index (κ2) is 6.12. The number of hydrogen-bond acceptors (Lipinski definition) is 4. The van der Waals surface area contributed by atoms with Gasteiger partial charge in [0.1, 0.15) is 5.75 Å². The van der Waals surface area contributed by atoms with E-state index in [-0.39, 0.29) is 12.5 Å². The van der Waals surface area contributed by atoms with Gasteiger partial charge >= 0.3 is 0 Å². The maximum absolute atomic E-state index is 11.2. The highest BCUT2D eigenvalue weighted by atomic mass is 35.5. The van der Waals surface area contributed by atoms with Gasteiger partial charge in [0, 0.05) is 19.7 Å². The Labute approximate surface area is 117 Å². The molecule has 2 rings (SSSR count). The van der Waals surface area contributed by atoms with Crippen molar-refractivity contribution in [3.05, 3.63) is 17.2 Å². The summed E-state index contributed by atoms with van der Waals surface area (Å²) in [4.78, 5) is 11.2. The molecule has 5 nitrogen and oxygen atoms in total. The van der Waals surface area contributed by atoms with E-state index in [0.29, 0.717) is 29.0 Å². The lowest BCUT2D eigenvalue weighted by atomic mass is 10.2. The zero-order valence-corrected chi connectivity index (χ0v) is 11.7. The van der Waals surface area contributed by atoms with Crippen LogP contribution in [0.4, 0.5) is 11.4 Å². The molecule has 0 saturated carbocycles. The molecular formula is C13H17ClN2O3. The molecule has 1 aromatic rings. The Balaban J connectivity index is 2.07. The average Bonchev–Trinajstić information content (AvgIpc) is 2.36. The molecule has 0 saturated heterocycles. The Morgan fingerprint density at radius 2 is 2.37 bits per heavy atom. The molecule has 0 spiro atoms. The van der Waals surface area contributed by atoms with E-state index in [4.69, 9.17) is 21.1 Å². The smallest absolute Gasteiger partial charge is 0.262 e. The van der Waals surface area contributed by atoms with Crippen molar-refractivity contribution in [1.82, 2.24) is 0 Å². The van der Waals surface area contributed by atoms with Crippen LogP contribution in [0.5, 0.6) is 5.75 Å². The van der Waals surface area contributed by atoms with Crippen LogP contribution >= 0.6 is 11.6 Å². The number of fused-ring (bicyclic) bond motifs is 1. The van der Waals surface area contributed by atoms with E-state index in [2.05, 4.69) is 17.6 Å². The van der Waals surface area contributed by atoms with Gasteiger partial charge in [0.15, 0.2) is 6.61 Å². The fourth-order valence-electron chi connectivity index (χ4n) is 1.86. The average molecular weight is 285 g/mol. The van der Waals surface area contributed by atoms with Crippen LogP contribution in [0.1, 0.15) is 6.92 Å². The normalized spacial score (nSPS) is 15.2. The molecule has 104 valence electrons. The maximum Gasteiger partial charge on any atom is 0.262 e. The van der Waals surface area contributed by atoms with Crippen molar-refractivity contribution in [3.8, 4) is 5.75 Å². The number of carbonyl (C=O) groups is 1. The SMILES string of the molecule is COCC(C)CNc1cc2c(cc1Cl)NC(=O)CO2. The number of rotatable bonds is 5. The van der Waals surface area contributed by atoms with Gasteiger partial charge in [-0.1, -0.05) is 18.5 Å². The largest absolute Gasteiger partial charge is 0.482 e. The van der Waals surface area contributed by atoms with Crippen molar-refractivity contribution in [2.24, 2.45) is 5.92 Å². The number of benzene rings is 1. The summed E-state index contributed by atoms with van der Waals surface area (Å²) in [7, 11) is 1.68. The van der Waals surface area contributed by atoms with E-state index in [1.54, 1.807) is 19.2 Å². The van der Waals surface area contributed by atoms with E-state index in [9.17, 15) is 4.79 Å². The second-order valence-electron chi connectivity index (χ2n) is 4.61. The van der Waals surface area contributed by atoms with Crippen LogP contribution in [0, 0.1) is 5.92 Å². The second-order valence-corrected chi connectivity index (χ2v) is 5.01. The molecule has 0 radical (unpaired) electrons. The van der Waals surface area contributed by atoms with Gasteiger partial charge in [-0.05, 0) is 12.0 Å². The van der Waals surface area contributed by atoms with Gasteiger partial charge in [0.25, 0.3) is 5.91 Å². The summed E-state index contributed by atoms with van der Waals surface area (Å²) in [5, 5.41) is 6.52. The molecule has 0 aliphatic carbocycles. The predicted molar refractivity (Wildman–Crippen MR) is 75.1 cm³/mol. The van der Waals surface area contributed by atoms with Crippen LogP contribution in [0.15, 0.2) is 12.1 Å². The first-order chi connectivity index (χ1) is 9.10. The molecule has 1 unspecified atom stereocenters. The van der Waals surface area contributed by atoms with Crippen LogP contribution in [-0.4, -0.2) is 32.8 Å². The van der Waals surface area contributed by atoms with Gasteiger partial charge < -0.3 is 20.1 Å². The molecule has 0 fully saturated rings. The summed E-state index contributed by atoms with van der Waals surface area (Å²) in [6.45, 7) is 3.55. The highest BCUT2D eigenvalue weighted by Gasteiger charge is 2.18. The minimum atomic E-state index is -0.169. The van der Waals surface area contributed by atoms with Crippen molar-refractivity contribution in [2.45, 2.75) is 6.92 Å². The van der Waals surface area contributed by atoms with Crippen LogP contribution < -0.4 is 15.4 Å². The summed E-state index contributed by atoms with van der Waals surface area (Å²) in [5.41, 5.74) is 1.40. The number of halogens is 1. The van der Waals surface area contributed by atoms with Crippen LogP contribution in [0.3, 0.4) is 0 Å². The zero-order chi connectivity index (χ0) is 13.8. The maximum atomic E-state index is 11.2. The van der Waals surface area contributed by atoms with Crippen LogP contribution in [-0.2, 0) is 9.53 Å². The number of hydrogen-bond donors (Lipinski definition) is 2. The third-order valence-electron chi connectivity index (χ3n) is 2.79. The third-order valence-corrected chi connectivity index (χ3v) is 3.11. The molecule has 1 aromatic carbocycles. The number of nitrogens with one attached hydrogen (secondary N) is 2. The molecule has 19 heavy (non-hydrogen) atoms. The van der Waals surface area contributed by atoms with E-state index in [1.165, 1.54) is 0 Å². The standard InChI is InChI=1S/C13H17ClN2O3/c1-8(6-18-2)5-15-10-4-12-11(3-9(10)14)16-13(17)7-19-12/h3-4,8,15H,5-7H2,1-2H3,(H,16,17). The first-order valence-electron chi connectivity index (χ1n) is 6.09.